The van der Waals surface area contributed by atoms with Crippen molar-refractivity contribution in [1.82, 2.24) is 10.6 Å². The van der Waals surface area contributed by atoms with Crippen LogP contribution in [0.4, 0.5) is 0 Å². The standard InChI is InChI=1S/C17H29N3/c1-6-18-16(20-17(3,4)5)19-13-12-14(2)15-10-8-7-9-11-15/h7-11,14H,6,12-13H2,1-5H3,(H2,18,19,20). The lowest BCUT2D eigenvalue weighted by molar-refractivity contribution is 0.501. The van der Waals surface area contributed by atoms with Crippen molar-refractivity contribution in [3.8, 4) is 0 Å². The van der Waals surface area contributed by atoms with Gasteiger partial charge in [-0.25, -0.2) is 0 Å². The molecule has 1 aromatic carbocycles. The van der Waals surface area contributed by atoms with Gasteiger partial charge in [-0.2, -0.15) is 0 Å². The molecule has 0 saturated heterocycles. The quantitative estimate of drug-likeness (QED) is 0.637. The molecule has 0 amide bonds. The molecule has 1 atom stereocenters. The molecule has 1 unspecified atom stereocenters. The van der Waals surface area contributed by atoms with Gasteiger partial charge in [0, 0.05) is 18.6 Å². The molecule has 0 radical (unpaired) electrons. The largest absolute Gasteiger partial charge is 0.357 e. The van der Waals surface area contributed by atoms with E-state index in [4.69, 9.17) is 0 Å². The minimum absolute atomic E-state index is 0.0338. The Morgan fingerprint density at radius 2 is 1.85 bits per heavy atom. The summed E-state index contributed by atoms with van der Waals surface area (Å²) in [7, 11) is 0. The van der Waals surface area contributed by atoms with E-state index < -0.39 is 0 Å². The van der Waals surface area contributed by atoms with Crippen molar-refractivity contribution >= 4 is 5.96 Å². The highest BCUT2D eigenvalue weighted by Crippen LogP contribution is 2.18. The topological polar surface area (TPSA) is 36.4 Å². The molecule has 20 heavy (non-hydrogen) atoms. The van der Waals surface area contributed by atoms with Gasteiger partial charge in [-0.1, -0.05) is 37.3 Å². The Hall–Kier alpha value is -1.51. The van der Waals surface area contributed by atoms with Gasteiger partial charge in [-0.15, -0.1) is 0 Å². The zero-order chi connectivity index (χ0) is 15.0. The van der Waals surface area contributed by atoms with Gasteiger partial charge in [0.2, 0.25) is 0 Å². The number of hydrogen-bond donors (Lipinski definition) is 2. The van der Waals surface area contributed by atoms with Gasteiger partial charge in [0.25, 0.3) is 0 Å². The Labute approximate surface area is 123 Å². The van der Waals surface area contributed by atoms with Crippen molar-refractivity contribution in [2.45, 2.75) is 52.5 Å². The maximum Gasteiger partial charge on any atom is 0.191 e. The van der Waals surface area contributed by atoms with Gasteiger partial charge in [-0.05, 0) is 45.6 Å². The van der Waals surface area contributed by atoms with Crippen molar-refractivity contribution in [3.05, 3.63) is 35.9 Å². The first-order valence-corrected chi connectivity index (χ1v) is 7.54. The third kappa shape index (κ3) is 6.60. The monoisotopic (exact) mass is 275 g/mol. The maximum absolute atomic E-state index is 4.66. The van der Waals surface area contributed by atoms with Crippen molar-refractivity contribution in [2.24, 2.45) is 4.99 Å². The normalized spacial score (nSPS) is 13.9. The average molecular weight is 275 g/mol. The number of nitrogens with zero attached hydrogens (tertiary/aromatic N) is 1. The molecule has 3 heteroatoms. The fourth-order valence-electron chi connectivity index (χ4n) is 1.98. The van der Waals surface area contributed by atoms with Crippen LogP contribution in [0.2, 0.25) is 0 Å². The van der Waals surface area contributed by atoms with E-state index in [2.05, 4.69) is 80.6 Å². The second-order valence-corrected chi connectivity index (χ2v) is 6.24. The van der Waals surface area contributed by atoms with E-state index in [1.54, 1.807) is 0 Å². The summed E-state index contributed by atoms with van der Waals surface area (Å²) >= 11 is 0. The molecule has 0 heterocycles. The van der Waals surface area contributed by atoms with Crippen LogP contribution in [-0.4, -0.2) is 24.6 Å². The summed E-state index contributed by atoms with van der Waals surface area (Å²) in [6.45, 7) is 12.5. The first-order chi connectivity index (χ1) is 9.42. The molecule has 112 valence electrons. The molecular formula is C17H29N3. The van der Waals surface area contributed by atoms with Crippen LogP contribution >= 0.6 is 0 Å². The molecule has 0 fully saturated rings. The predicted molar refractivity (Wildman–Crippen MR) is 88.3 cm³/mol. The molecule has 3 nitrogen and oxygen atoms in total. The van der Waals surface area contributed by atoms with E-state index in [0.29, 0.717) is 5.92 Å². The lowest BCUT2D eigenvalue weighted by atomic mass is 9.98. The van der Waals surface area contributed by atoms with E-state index in [9.17, 15) is 0 Å². The van der Waals surface area contributed by atoms with Crippen LogP contribution in [0, 0.1) is 0 Å². The molecule has 1 rings (SSSR count). The highest BCUT2D eigenvalue weighted by atomic mass is 15.2. The average Bonchev–Trinajstić information content (AvgIpc) is 2.38. The molecule has 0 aromatic heterocycles. The highest BCUT2D eigenvalue weighted by Gasteiger charge is 2.11. The van der Waals surface area contributed by atoms with Gasteiger partial charge in [0.1, 0.15) is 0 Å². The zero-order valence-electron chi connectivity index (χ0n) is 13.5. The van der Waals surface area contributed by atoms with E-state index in [-0.39, 0.29) is 5.54 Å². The molecule has 0 aliphatic carbocycles. The zero-order valence-corrected chi connectivity index (χ0v) is 13.5. The number of rotatable bonds is 5. The summed E-state index contributed by atoms with van der Waals surface area (Å²) in [5.41, 5.74) is 1.42. The van der Waals surface area contributed by atoms with Crippen LogP contribution in [0.5, 0.6) is 0 Å². The van der Waals surface area contributed by atoms with Crippen molar-refractivity contribution < 1.29 is 0 Å². The van der Waals surface area contributed by atoms with E-state index in [1.165, 1.54) is 5.56 Å². The summed E-state index contributed by atoms with van der Waals surface area (Å²) < 4.78 is 0. The minimum Gasteiger partial charge on any atom is -0.357 e. The summed E-state index contributed by atoms with van der Waals surface area (Å²) in [6.07, 6.45) is 1.06. The van der Waals surface area contributed by atoms with Gasteiger partial charge in [0.15, 0.2) is 5.96 Å². The highest BCUT2D eigenvalue weighted by molar-refractivity contribution is 5.80. The van der Waals surface area contributed by atoms with E-state index in [0.717, 1.165) is 25.5 Å². The van der Waals surface area contributed by atoms with Gasteiger partial charge in [0.05, 0.1) is 0 Å². The van der Waals surface area contributed by atoms with Gasteiger partial charge < -0.3 is 10.6 Å². The third-order valence-corrected chi connectivity index (χ3v) is 3.04. The smallest absolute Gasteiger partial charge is 0.191 e. The van der Waals surface area contributed by atoms with Crippen molar-refractivity contribution in [2.75, 3.05) is 13.1 Å². The van der Waals surface area contributed by atoms with E-state index in [1.807, 2.05) is 0 Å². The molecule has 0 bridgehead atoms. The van der Waals surface area contributed by atoms with E-state index >= 15 is 0 Å². The first kappa shape index (κ1) is 16.5. The van der Waals surface area contributed by atoms with Gasteiger partial charge in [-0.3, -0.25) is 4.99 Å². The Balaban J connectivity index is 2.51. The lowest BCUT2D eigenvalue weighted by Gasteiger charge is -2.23. The Kier molecular flexibility index (Phi) is 6.56. The number of nitrogens with one attached hydrogen (secondary N) is 2. The SMILES string of the molecule is CCNC(=NCCC(C)c1ccccc1)NC(C)(C)C. The van der Waals surface area contributed by atoms with Crippen LogP contribution < -0.4 is 10.6 Å². The van der Waals surface area contributed by atoms with Gasteiger partial charge >= 0.3 is 0 Å². The van der Waals surface area contributed by atoms with Crippen LogP contribution in [0.3, 0.4) is 0 Å². The fraction of sp³-hybridized carbons (Fsp3) is 0.588. The number of guanidine groups is 1. The minimum atomic E-state index is 0.0338. The van der Waals surface area contributed by atoms with Crippen LogP contribution in [0.1, 0.15) is 52.5 Å². The Morgan fingerprint density at radius 1 is 1.20 bits per heavy atom. The molecule has 2 N–H and O–H groups in total. The maximum atomic E-state index is 4.66. The second-order valence-electron chi connectivity index (χ2n) is 6.24. The third-order valence-electron chi connectivity index (χ3n) is 3.04. The number of aliphatic imine (C=N–C) groups is 1. The molecule has 0 saturated carbocycles. The number of hydrogen-bond acceptors (Lipinski definition) is 1. The lowest BCUT2D eigenvalue weighted by Crippen LogP contribution is -2.47. The fourth-order valence-corrected chi connectivity index (χ4v) is 1.98. The molecule has 0 aliphatic heterocycles. The molecule has 0 spiro atoms. The van der Waals surface area contributed by atoms with Crippen LogP contribution in [0.15, 0.2) is 35.3 Å². The molecular weight excluding hydrogens is 246 g/mol. The molecule has 0 aliphatic rings. The second kappa shape index (κ2) is 7.93. The summed E-state index contributed by atoms with van der Waals surface area (Å²) in [6, 6.07) is 10.6. The van der Waals surface area contributed by atoms with Crippen LogP contribution in [0.25, 0.3) is 0 Å². The van der Waals surface area contributed by atoms with Crippen molar-refractivity contribution in [3.63, 3.8) is 0 Å². The summed E-state index contributed by atoms with van der Waals surface area (Å²) in [5, 5.41) is 6.70. The first-order valence-electron chi connectivity index (χ1n) is 7.54. The summed E-state index contributed by atoms with van der Waals surface area (Å²) in [4.78, 5) is 4.66. The number of benzene rings is 1. The van der Waals surface area contributed by atoms with Crippen molar-refractivity contribution in [1.29, 1.82) is 0 Å². The predicted octanol–water partition coefficient (Wildman–Crippen LogP) is 3.53. The Morgan fingerprint density at radius 3 is 2.40 bits per heavy atom. The Bertz CT molecular complexity index is 404. The van der Waals surface area contributed by atoms with Crippen LogP contribution in [-0.2, 0) is 0 Å². The summed E-state index contributed by atoms with van der Waals surface area (Å²) in [5.74, 6) is 1.44. The molecule has 1 aromatic rings.